The number of aliphatic hydroxyl groups is 2. The van der Waals surface area contributed by atoms with E-state index in [0.717, 1.165) is 96.3 Å². The zero-order valence-electron chi connectivity index (χ0n) is 33.5. The molecule has 0 aromatic rings. The van der Waals surface area contributed by atoms with Gasteiger partial charge in [0.15, 0.2) is 0 Å². The molecular formula is C43H77O9P. The molecule has 3 unspecified atom stereocenters. The van der Waals surface area contributed by atoms with Gasteiger partial charge in [-0.05, 0) is 77.0 Å². The molecule has 0 rings (SSSR count). The quantitative estimate of drug-likeness (QED) is 0.0242. The van der Waals surface area contributed by atoms with Crippen LogP contribution in [0.5, 0.6) is 0 Å². The number of phosphoric ester groups is 1. The first kappa shape index (κ1) is 51.2. The van der Waals surface area contributed by atoms with Crippen molar-refractivity contribution >= 4 is 13.8 Å². The lowest BCUT2D eigenvalue weighted by Crippen LogP contribution is -2.29. The van der Waals surface area contributed by atoms with Crippen molar-refractivity contribution in [1.82, 2.24) is 0 Å². The molecule has 10 heteroatoms. The predicted octanol–water partition coefficient (Wildman–Crippen LogP) is 11.2. The first-order valence-electron chi connectivity index (χ1n) is 20.8. The van der Waals surface area contributed by atoms with Gasteiger partial charge >= 0.3 is 13.8 Å². The molecule has 0 aliphatic rings. The molecule has 0 aliphatic carbocycles. The minimum absolute atomic E-state index is 0.0308. The number of aliphatic hydroxyl groups excluding tert-OH is 2. The second-order valence-electron chi connectivity index (χ2n) is 13.6. The van der Waals surface area contributed by atoms with Crippen LogP contribution in [0.25, 0.3) is 0 Å². The van der Waals surface area contributed by atoms with E-state index in [1.54, 1.807) is 0 Å². The number of unbranched alkanes of at least 4 members (excludes halogenated alkanes) is 15. The topological polar surface area (TPSA) is 132 Å². The number of allylic oxidation sites excluding steroid dienone is 10. The highest BCUT2D eigenvalue weighted by Crippen LogP contribution is 2.43. The van der Waals surface area contributed by atoms with Crippen LogP contribution in [0.3, 0.4) is 0 Å². The van der Waals surface area contributed by atoms with E-state index in [4.69, 9.17) is 23.6 Å². The Balaban J connectivity index is 4.25. The van der Waals surface area contributed by atoms with Crippen LogP contribution in [0.1, 0.15) is 162 Å². The van der Waals surface area contributed by atoms with Crippen LogP contribution in [0.15, 0.2) is 60.8 Å². The van der Waals surface area contributed by atoms with Crippen molar-refractivity contribution in [2.75, 3.05) is 33.0 Å². The number of carbonyl (C=O) groups excluding carboxylic acids is 1. The summed E-state index contributed by atoms with van der Waals surface area (Å²) in [6.45, 7) is 3.32. The summed E-state index contributed by atoms with van der Waals surface area (Å²) >= 11 is 0. The molecule has 0 saturated heterocycles. The van der Waals surface area contributed by atoms with Crippen molar-refractivity contribution in [2.45, 2.75) is 174 Å². The summed E-state index contributed by atoms with van der Waals surface area (Å²) in [5.41, 5.74) is 0. The summed E-state index contributed by atoms with van der Waals surface area (Å²) in [5, 5.41) is 18.3. The highest BCUT2D eigenvalue weighted by atomic mass is 31.2. The first-order valence-corrected chi connectivity index (χ1v) is 22.3. The predicted molar refractivity (Wildman–Crippen MR) is 219 cm³/mol. The second-order valence-corrected chi connectivity index (χ2v) is 15.1. The van der Waals surface area contributed by atoms with Gasteiger partial charge in [-0.1, -0.05) is 139 Å². The average molecular weight is 769 g/mol. The van der Waals surface area contributed by atoms with E-state index < -0.39 is 45.8 Å². The summed E-state index contributed by atoms with van der Waals surface area (Å²) in [7, 11) is -4.52. The Hall–Kier alpha value is -1.84. The van der Waals surface area contributed by atoms with Gasteiger partial charge in [-0.15, -0.1) is 0 Å². The van der Waals surface area contributed by atoms with Crippen molar-refractivity contribution in [1.29, 1.82) is 0 Å². The van der Waals surface area contributed by atoms with Crippen LogP contribution >= 0.6 is 7.82 Å². The molecule has 3 N–H and O–H groups in total. The highest BCUT2D eigenvalue weighted by molar-refractivity contribution is 7.47. The van der Waals surface area contributed by atoms with E-state index in [-0.39, 0.29) is 13.0 Å². The smallest absolute Gasteiger partial charge is 0.457 e. The Labute approximate surface area is 323 Å². The fraction of sp³-hybridized carbons (Fsp3) is 0.744. The van der Waals surface area contributed by atoms with Gasteiger partial charge < -0.3 is 24.6 Å². The van der Waals surface area contributed by atoms with Crippen LogP contribution in [0.2, 0.25) is 0 Å². The van der Waals surface area contributed by atoms with Gasteiger partial charge in [0.1, 0.15) is 12.2 Å². The molecule has 0 saturated carbocycles. The maximum absolute atomic E-state index is 12.6. The van der Waals surface area contributed by atoms with E-state index in [9.17, 15) is 19.4 Å². The van der Waals surface area contributed by atoms with Gasteiger partial charge in [0.05, 0.1) is 26.4 Å². The monoisotopic (exact) mass is 769 g/mol. The SMILES string of the molecule is CC/C=C\C/C=C\C/C=C\C/C=C\CCCCCCCOCC(COP(=O)(O)OCC(O)CO)OC(=O)CCCCCCC/C=C\CCCCCCC. The van der Waals surface area contributed by atoms with Crippen LogP contribution < -0.4 is 0 Å². The summed E-state index contributed by atoms with van der Waals surface area (Å²) in [5.74, 6) is -0.401. The average Bonchev–Trinajstić information content (AvgIpc) is 3.15. The molecule has 0 fully saturated rings. The van der Waals surface area contributed by atoms with Gasteiger partial charge in [-0.25, -0.2) is 4.57 Å². The van der Waals surface area contributed by atoms with Gasteiger partial charge in [-0.2, -0.15) is 0 Å². The molecule has 308 valence electrons. The molecule has 9 nitrogen and oxygen atoms in total. The standard InChI is InChI=1S/C43H77O9P/c1-3-5-7-9-11-13-15-17-19-20-21-22-24-26-28-30-32-34-36-49-39-42(40-51-53(47,48)50-38-41(45)37-44)52-43(46)35-33-31-29-27-25-23-18-16-14-12-10-8-6-4-2/h5,7,11,13,16-19,21-22,41-42,44-45H,3-4,6,8-10,12,14-15,20,23-40H2,1-2H3,(H,47,48)/b7-5-,13-11-,18-16-,19-17-,22-21-. The van der Waals surface area contributed by atoms with Crippen molar-refractivity contribution in [2.24, 2.45) is 0 Å². The second kappa shape index (κ2) is 39.8. The fourth-order valence-electron chi connectivity index (χ4n) is 5.28. The molecule has 3 atom stereocenters. The molecular weight excluding hydrogens is 691 g/mol. The van der Waals surface area contributed by atoms with Crippen molar-refractivity contribution in [3.8, 4) is 0 Å². The Morgan fingerprint density at radius 3 is 1.64 bits per heavy atom. The van der Waals surface area contributed by atoms with Gasteiger partial charge in [-0.3, -0.25) is 13.8 Å². The fourth-order valence-corrected chi connectivity index (χ4v) is 6.07. The van der Waals surface area contributed by atoms with E-state index >= 15 is 0 Å². The lowest BCUT2D eigenvalue weighted by Gasteiger charge is -2.20. The van der Waals surface area contributed by atoms with Crippen LogP contribution in [0.4, 0.5) is 0 Å². The first-order chi connectivity index (χ1) is 25.8. The number of esters is 1. The summed E-state index contributed by atoms with van der Waals surface area (Å²) in [6.07, 6.45) is 44.6. The summed E-state index contributed by atoms with van der Waals surface area (Å²) < 4.78 is 33.3. The Kier molecular flexibility index (Phi) is 38.5. The Bertz CT molecular complexity index is 1010. The largest absolute Gasteiger partial charge is 0.472 e. The zero-order valence-corrected chi connectivity index (χ0v) is 34.4. The normalized spacial score (nSPS) is 14.7. The summed E-state index contributed by atoms with van der Waals surface area (Å²) in [6, 6.07) is 0. The van der Waals surface area contributed by atoms with E-state index in [0.29, 0.717) is 13.0 Å². The number of hydrogen-bond donors (Lipinski definition) is 3. The zero-order chi connectivity index (χ0) is 38.9. The van der Waals surface area contributed by atoms with Crippen LogP contribution in [-0.2, 0) is 27.9 Å². The molecule has 0 bridgehead atoms. The van der Waals surface area contributed by atoms with E-state index in [1.165, 1.54) is 38.5 Å². The third-order valence-electron chi connectivity index (χ3n) is 8.44. The minimum Gasteiger partial charge on any atom is -0.457 e. The number of phosphoric acid groups is 1. The van der Waals surface area contributed by atoms with Crippen molar-refractivity contribution < 1.29 is 43.0 Å². The summed E-state index contributed by atoms with van der Waals surface area (Å²) in [4.78, 5) is 22.5. The number of rotatable bonds is 39. The lowest BCUT2D eigenvalue weighted by molar-refractivity contribution is -0.154. The van der Waals surface area contributed by atoms with Gasteiger partial charge in [0.2, 0.25) is 0 Å². The van der Waals surface area contributed by atoms with Crippen LogP contribution in [-0.4, -0.2) is 66.3 Å². The van der Waals surface area contributed by atoms with Gasteiger partial charge in [0.25, 0.3) is 0 Å². The molecule has 0 spiro atoms. The third-order valence-corrected chi connectivity index (χ3v) is 9.39. The minimum atomic E-state index is -4.52. The maximum atomic E-state index is 12.6. The lowest BCUT2D eigenvalue weighted by atomic mass is 10.1. The number of carbonyl (C=O) groups is 1. The molecule has 53 heavy (non-hydrogen) atoms. The van der Waals surface area contributed by atoms with Crippen molar-refractivity contribution in [3.63, 3.8) is 0 Å². The third kappa shape index (κ3) is 39.7. The number of ether oxygens (including phenoxy) is 2. The van der Waals surface area contributed by atoms with E-state index in [1.807, 2.05) is 0 Å². The highest BCUT2D eigenvalue weighted by Gasteiger charge is 2.26. The van der Waals surface area contributed by atoms with Crippen molar-refractivity contribution in [3.05, 3.63) is 60.8 Å². The molecule has 0 aliphatic heterocycles. The molecule has 0 aromatic carbocycles. The molecule has 0 heterocycles. The van der Waals surface area contributed by atoms with E-state index in [2.05, 4.69) is 74.6 Å². The molecule has 0 aromatic heterocycles. The van der Waals surface area contributed by atoms with Crippen LogP contribution in [0, 0.1) is 0 Å². The molecule has 0 radical (unpaired) electrons. The molecule has 0 amide bonds. The van der Waals surface area contributed by atoms with Gasteiger partial charge in [0, 0.05) is 13.0 Å². The number of hydrogen-bond acceptors (Lipinski definition) is 8. The Morgan fingerprint density at radius 2 is 1.08 bits per heavy atom. The maximum Gasteiger partial charge on any atom is 0.472 e. The Morgan fingerprint density at radius 1 is 0.604 bits per heavy atom.